The zero-order valence-corrected chi connectivity index (χ0v) is 18.4. The van der Waals surface area contributed by atoms with Crippen molar-refractivity contribution in [2.24, 2.45) is 0 Å². The predicted octanol–water partition coefficient (Wildman–Crippen LogP) is 4.27. The van der Waals surface area contributed by atoms with E-state index in [-0.39, 0.29) is 6.42 Å². The van der Waals surface area contributed by atoms with Crippen LogP contribution in [0.3, 0.4) is 0 Å². The summed E-state index contributed by atoms with van der Waals surface area (Å²) in [6, 6.07) is 15.9. The fourth-order valence-corrected chi connectivity index (χ4v) is 4.71. The number of carbonyl (C=O) groups is 1. The molecule has 0 saturated heterocycles. The van der Waals surface area contributed by atoms with E-state index >= 15 is 0 Å². The summed E-state index contributed by atoms with van der Waals surface area (Å²) in [5.41, 5.74) is 5.56. The molecule has 8 heteroatoms. The number of sulfonamides is 1. The van der Waals surface area contributed by atoms with Gasteiger partial charge in [0.2, 0.25) is 15.9 Å². The largest absolute Gasteiger partial charge is 0.361 e. The second kappa shape index (κ2) is 10.6. The monoisotopic (exact) mass is 443 g/mol. The molecule has 31 heavy (non-hydrogen) atoms. The fourth-order valence-electron chi connectivity index (χ4n) is 3.52. The van der Waals surface area contributed by atoms with Crippen molar-refractivity contribution in [2.45, 2.75) is 44.3 Å². The van der Waals surface area contributed by atoms with Crippen molar-refractivity contribution in [3.8, 4) is 11.1 Å². The van der Waals surface area contributed by atoms with E-state index in [0.29, 0.717) is 19.4 Å². The lowest BCUT2D eigenvalue weighted by atomic mass is 10.0. The number of fused-ring (bicyclic) bond motifs is 1. The van der Waals surface area contributed by atoms with Gasteiger partial charge in [0, 0.05) is 24.7 Å². The first-order chi connectivity index (χ1) is 14.9. The number of benzene rings is 2. The van der Waals surface area contributed by atoms with Crippen molar-refractivity contribution in [2.75, 3.05) is 6.54 Å². The minimum Gasteiger partial charge on any atom is -0.361 e. The normalized spacial score (nSPS) is 12.7. The molecule has 166 valence electrons. The molecule has 3 rings (SSSR count). The van der Waals surface area contributed by atoms with Gasteiger partial charge >= 0.3 is 0 Å². The number of aromatic amines is 1. The van der Waals surface area contributed by atoms with Crippen molar-refractivity contribution in [3.63, 3.8) is 0 Å². The van der Waals surface area contributed by atoms with Crippen molar-refractivity contribution in [1.82, 2.24) is 15.2 Å². The maximum Gasteiger partial charge on any atom is 0.243 e. The summed E-state index contributed by atoms with van der Waals surface area (Å²) in [6.45, 7) is 2.06. The molecule has 0 aliphatic rings. The van der Waals surface area contributed by atoms with Crippen LogP contribution in [0.25, 0.3) is 22.0 Å². The summed E-state index contributed by atoms with van der Waals surface area (Å²) in [5.74, 6) is -0.398. The van der Waals surface area contributed by atoms with Gasteiger partial charge in [-0.15, -0.1) is 0 Å². The Morgan fingerprint density at radius 2 is 1.71 bits per heavy atom. The van der Waals surface area contributed by atoms with E-state index < -0.39 is 21.2 Å². The molecule has 1 heterocycles. The maximum absolute atomic E-state index is 12.6. The average Bonchev–Trinajstić information content (AvgIpc) is 3.25. The van der Waals surface area contributed by atoms with Crippen LogP contribution in [0.5, 0.6) is 0 Å². The summed E-state index contributed by atoms with van der Waals surface area (Å²) in [5, 5.41) is 8.92. The topological polar surface area (TPSA) is 111 Å². The number of hydroxylamine groups is 1. The van der Waals surface area contributed by atoms with E-state index in [1.165, 1.54) is 0 Å². The highest BCUT2D eigenvalue weighted by atomic mass is 32.2. The van der Waals surface area contributed by atoms with Crippen LogP contribution in [0.4, 0.5) is 0 Å². The molecule has 0 fully saturated rings. The molecule has 2 aromatic carbocycles. The number of aromatic nitrogens is 1. The molecule has 4 N–H and O–H groups in total. The van der Waals surface area contributed by atoms with Crippen LogP contribution in [-0.2, 0) is 14.8 Å². The molecular weight excluding hydrogens is 414 g/mol. The third kappa shape index (κ3) is 6.16. The van der Waals surface area contributed by atoms with Gasteiger partial charge in [-0.1, -0.05) is 43.2 Å². The number of hydrogen-bond acceptors (Lipinski definition) is 4. The lowest BCUT2D eigenvalue weighted by Crippen LogP contribution is -2.28. The zero-order valence-electron chi connectivity index (χ0n) is 17.6. The Balaban J connectivity index is 1.51. The van der Waals surface area contributed by atoms with E-state index in [4.69, 9.17) is 5.21 Å². The zero-order chi connectivity index (χ0) is 22.3. The van der Waals surface area contributed by atoms with E-state index in [1.54, 1.807) is 12.4 Å². The van der Waals surface area contributed by atoms with Crippen molar-refractivity contribution < 1.29 is 18.4 Å². The smallest absolute Gasteiger partial charge is 0.243 e. The lowest BCUT2D eigenvalue weighted by molar-refractivity contribution is -0.129. The molecule has 0 radical (unpaired) electrons. The molecule has 7 nitrogen and oxygen atoms in total. The first-order valence-electron chi connectivity index (χ1n) is 10.5. The molecule has 0 saturated carbocycles. The Labute approximate surface area is 182 Å². The van der Waals surface area contributed by atoms with Crippen molar-refractivity contribution >= 4 is 26.8 Å². The quantitative estimate of drug-likeness (QED) is 0.201. The number of rotatable bonds is 11. The Hall–Kier alpha value is -2.68. The van der Waals surface area contributed by atoms with Crippen LogP contribution in [0, 0.1) is 0 Å². The lowest BCUT2D eigenvalue weighted by Gasteiger charge is -2.15. The van der Waals surface area contributed by atoms with Crippen LogP contribution in [0.15, 0.2) is 54.7 Å². The van der Waals surface area contributed by atoms with E-state index in [9.17, 15) is 13.2 Å². The number of unbranched alkanes of at least 4 members (excludes halogenated alkanes) is 3. The number of nitrogens with one attached hydrogen (secondary N) is 3. The minimum absolute atomic E-state index is 0.272. The van der Waals surface area contributed by atoms with Crippen LogP contribution in [0.1, 0.15) is 49.8 Å². The molecule has 1 aromatic heterocycles. The number of hydrogen-bond donors (Lipinski definition) is 4. The van der Waals surface area contributed by atoms with Gasteiger partial charge in [0.25, 0.3) is 0 Å². The Kier molecular flexibility index (Phi) is 7.84. The van der Waals surface area contributed by atoms with Gasteiger partial charge in [-0.3, -0.25) is 10.0 Å². The number of amides is 1. The summed E-state index contributed by atoms with van der Waals surface area (Å²) < 4.78 is 27.9. The SMILES string of the molecule is CC(c1ccc(-c2ccc3[nH]ccc3c2)cc1)S(=O)(=O)NCCCCCCC(=O)NO. The van der Waals surface area contributed by atoms with Gasteiger partial charge < -0.3 is 4.98 Å². The summed E-state index contributed by atoms with van der Waals surface area (Å²) >= 11 is 0. The van der Waals surface area contributed by atoms with Crippen molar-refractivity contribution in [3.05, 3.63) is 60.3 Å². The van der Waals surface area contributed by atoms with Gasteiger partial charge in [-0.2, -0.15) is 0 Å². The van der Waals surface area contributed by atoms with Gasteiger partial charge in [0.15, 0.2) is 0 Å². The number of H-pyrrole nitrogens is 1. The molecule has 1 unspecified atom stereocenters. The van der Waals surface area contributed by atoms with Gasteiger partial charge in [0.1, 0.15) is 0 Å². The average molecular weight is 444 g/mol. The minimum atomic E-state index is -3.47. The third-order valence-corrected chi connectivity index (χ3v) is 7.30. The second-order valence-corrected chi connectivity index (χ2v) is 9.77. The molecule has 0 spiro atoms. The fraction of sp³-hybridized carbons (Fsp3) is 0.348. The highest BCUT2D eigenvalue weighted by molar-refractivity contribution is 7.89. The van der Waals surface area contributed by atoms with Crippen LogP contribution >= 0.6 is 0 Å². The maximum atomic E-state index is 12.6. The molecule has 1 amide bonds. The summed E-state index contributed by atoms with van der Waals surface area (Å²) in [7, 11) is -3.47. The standard InChI is InChI=1S/C23H29N3O4S/c1-17(31(29,30)25-14-5-3-2-4-6-23(27)26-28)18-7-9-19(10-8-18)20-11-12-22-21(16-20)13-15-24-22/h7-13,15-17,24-25,28H,2-6,14H2,1H3,(H,26,27). The van der Waals surface area contributed by atoms with E-state index in [0.717, 1.165) is 40.4 Å². The Morgan fingerprint density at radius 1 is 1.00 bits per heavy atom. The highest BCUT2D eigenvalue weighted by Gasteiger charge is 2.21. The highest BCUT2D eigenvalue weighted by Crippen LogP contribution is 2.27. The van der Waals surface area contributed by atoms with Gasteiger partial charge in [-0.05, 0) is 60.0 Å². The molecule has 3 aromatic rings. The molecule has 0 bridgehead atoms. The first kappa shape index (κ1) is 23.0. The summed E-state index contributed by atoms with van der Waals surface area (Å²) in [6.07, 6.45) is 5.17. The molecule has 0 aliphatic carbocycles. The van der Waals surface area contributed by atoms with Gasteiger partial charge in [-0.25, -0.2) is 18.6 Å². The molecular formula is C23H29N3O4S. The third-order valence-electron chi connectivity index (χ3n) is 5.49. The number of carbonyl (C=O) groups excluding carboxylic acids is 1. The second-order valence-electron chi connectivity index (χ2n) is 7.68. The van der Waals surface area contributed by atoms with E-state index in [2.05, 4.69) is 15.8 Å². The summed E-state index contributed by atoms with van der Waals surface area (Å²) in [4.78, 5) is 14.1. The Bertz CT molecular complexity index is 1110. The van der Waals surface area contributed by atoms with E-state index in [1.807, 2.05) is 48.7 Å². The van der Waals surface area contributed by atoms with Crippen LogP contribution < -0.4 is 10.2 Å². The molecule has 0 aliphatic heterocycles. The first-order valence-corrected chi connectivity index (χ1v) is 12.0. The predicted molar refractivity (Wildman–Crippen MR) is 122 cm³/mol. The van der Waals surface area contributed by atoms with Crippen molar-refractivity contribution in [1.29, 1.82) is 0 Å². The van der Waals surface area contributed by atoms with Crippen LogP contribution in [-0.4, -0.2) is 31.1 Å². The molecule has 1 atom stereocenters. The van der Waals surface area contributed by atoms with Gasteiger partial charge in [0.05, 0.1) is 5.25 Å². The van der Waals surface area contributed by atoms with Crippen LogP contribution in [0.2, 0.25) is 0 Å². The Morgan fingerprint density at radius 3 is 2.45 bits per heavy atom.